The molecule has 214 valence electrons. The Morgan fingerprint density at radius 2 is 1.67 bits per heavy atom. The van der Waals surface area contributed by atoms with Gasteiger partial charge in [0.15, 0.2) is 5.82 Å². The molecule has 0 fully saturated rings. The number of amides is 1. The standard InChI is InChI=1S/C33H30ClFN4O3/c1-2-3-26(21-4-6-23(7-5-21)33(42)37-17-14-29(40)41)30(22-8-10-25(34)11-9-22)32-27-18-24(20-12-15-36-16-13-20)19-28(35)31(27)38-39-32/h4-13,15-16,18-19,26,30H,2-3,14,17H2,1H3,(H,37,42)(H,38,39)(H,40,41). The van der Waals surface area contributed by atoms with E-state index in [-0.39, 0.29) is 36.2 Å². The zero-order valence-electron chi connectivity index (χ0n) is 23.0. The van der Waals surface area contributed by atoms with Crippen LogP contribution in [-0.2, 0) is 4.79 Å². The number of carboxylic acid groups (broad SMARTS) is 1. The number of carboxylic acids is 1. The minimum Gasteiger partial charge on any atom is -0.481 e. The van der Waals surface area contributed by atoms with Crippen molar-refractivity contribution in [1.82, 2.24) is 20.5 Å². The highest BCUT2D eigenvalue weighted by atomic mass is 35.5. The van der Waals surface area contributed by atoms with Crippen molar-refractivity contribution < 1.29 is 19.1 Å². The number of fused-ring (bicyclic) bond motifs is 1. The number of aromatic amines is 1. The Kier molecular flexibility index (Phi) is 8.93. The van der Waals surface area contributed by atoms with Gasteiger partial charge in [0.2, 0.25) is 0 Å². The van der Waals surface area contributed by atoms with Crippen molar-refractivity contribution >= 4 is 34.4 Å². The molecule has 9 heteroatoms. The van der Waals surface area contributed by atoms with Crippen LogP contribution in [0.1, 0.15) is 65.2 Å². The molecule has 0 saturated carbocycles. The summed E-state index contributed by atoms with van der Waals surface area (Å²) in [4.78, 5) is 27.4. The number of H-pyrrole nitrogens is 1. The molecule has 2 atom stereocenters. The van der Waals surface area contributed by atoms with Crippen LogP contribution < -0.4 is 5.32 Å². The molecule has 0 saturated heterocycles. The highest BCUT2D eigenvalue weighted by Crippen LogP contribution is 2.44. The lowest BCUT2D eigenvalue weighted by Gasteiger charge is -2.28. The number of aliphatic carboxylic acids is 1. The van der Waals surface area contributed by atoms with Crippen LogP contribution in [0.2, 0.25) is 5.02 Å². The van der Waals surface area contributed by atoms with Crippen LogP contribution in [0.3, 0.4) is 0 Å². The first-order chi connectivity index (χ1) is 20.4. The monoisotopic (exact) mass is 584 g/mol. The van der Waals surface area contributed by atoms with Crippen LogP contribution in [0.4, 0.5) is 4.39 Å². The smallest absolute Gasteiger partial charge is 0.305 e. The molecule has 2 unspecified atom stereocenters. The molecule has 0 aliphatic rings. The number of pyridine rings is 1. The maximum Gasteiger partial charge on any atom is 0.305 e. The third kappa shape index (κ3) is 6.34. The Hall–Kier alpha value is -4.56. The predicted octanol–water partition coefficient (Wildman–Crippen LogP) is 7.34. The van der Waals surface area contributed by atoms with Crippen LogP contribution in [0.25, 0.3) is 22.0 Å². The van der Waals surface area contributed by atoms with Gasteiger partial charge in [-0.05, 0) is 83.1 Å². The fourth-order valence-electron chi connectivity index (χ4n) is 5.42. The van der Waals surface area contributed by atoms with Gasteiger partial charge in [0.05, 0.1) is 12.1 Å². The second kappa shape index (κ2) is 13.0. The van der Waals surface area contributed by atoms with Gasteiger partial charge < -0.3 is 10.4 Å². The lowest BCUT2D eigenvalue weighted by Crippen LogP contribution is -2.26. The lowest BCUT2D eigenvalue weighted by molar-refractivity contribution is -0.136. The number of nitrogens with zero attached hydrogens (tertiary/aromatic N) is 2. The number of benzene rings is 3. The molecule has 2 heterocycles. The molecule has 0 radical (unpaired) electrons. The summed E-state index contributed by atoms with van der Waals surface area (Å²) in [5, 5.41) is 20.4. The molecule has 0 bridgehead atoms. The van der Waals surface area contributed by atoms with Crippen LogP contribution >= 0.6 is 11.6 Å². The second-order valence-electron chi connectivity index (χ2n) is 10.2. The van der Waals surface area contributed by atoms with E-state index in [2.05, 4.69) is 27.4 Å². The summed E-state index contributed by atoms with van der Waals surface area (Å²) < 4.78 is 15.4. The highest BCUT2D eigenvalue weighted by molar-refractivity contribution is 6.30. The SMILES string of the molecule is CCCC(c1ccc(C(=O)NCCC(=O)O)cc1)C(c1ccc(Cl)cc1)c1[nH]nc2c(F)cc(-c3ccncc3)cc12. The van der Waals surface area contributed by atoms with Gasteiger partial charge in [-0.15, -0.1) is 0 Å². The molecule has 0 aliphatic heterocycles. The van der Waals surface area contributed by atoms with E-state index in [1.54, 1.807) is 24.5 Å². The summed E-state index contributed by atoms with van der Waals surface area (Å²) in [7, 11) is 0. The van der Waals surface area contributed by atoms with Crippen molar-refractivity contribution in [2.24, 2.45) is 0 Å². The van der Waals surface area contributed by atoms with Crippen LogP contribution in [-0.4, -0.2) is 38.7 Å². The largest absolute Gasteiger partial charge is 0.481 e. The summed E-state index contributed by atoms with van der Waals surface area (Å²) in [5.41, 5.74) is 5.08. The quantitative estimate of drug-likeness (QED) is 0.150. The summed E-state index contributed by atoms with van der Waals surface area (Å²) in [6, 6.07) is 22.1. The first-order valence-electron chi connectivity index (χ1n) is 13.8. The van der Waals surface area contributed by atoms with E-state index in [1.165, 1.54) is 6.07 Å². The van der Waals surface area contributed by atoms with Gasteiger partial charge in [-0.2, -0.15) is 5.10 Å². The number of hydrogen-bond acceptors (Lipinski definition) is 4. The molecule has 42 heavy (non-hydrogen) atoms. The van der Waals surface area contributed by atoms with Crippen molar-refractivity contribution in [3.05, 3.63) is 118 Å². The number of carbonyl (C=O) groups is 2. The molecule has 0 spiro atoms. The number of carbonyl (C=O) groups excluding carboxylic acids is 1. The highest BCUT2D eigenvalue weighted by Gasteiger charge is 2.30. The van der Waals surface area contributed by atoms with E-state index in [0.29, 0.717) is 16.0 Å². The zero-order valence-corrected chi connectivity index (χ0v) is 23.7. The van der Waals surface area contributed by atoms with Gasteiger partial charge >= 0.3 is 5.97 Å². The lowest BCUT2D eigenvalue weighted by atomic mass is 9.76. The van der Waals surface area contributed by atoms with Gasteiger partial charge in [-0.25, -0.2) is 4.39 Å². The van der Waals surface area contributed by atoms with Crippen molar-refractivity contribution in [1.29, 1.82) is 0 Å². The van der Waals surface area contributed by atoms with Crippen LogP contribution in [0.15, 0.2) is 85.2 Å². The minimum atomic E-state index is -0.972. The molecule has 1 amide bonds. The summed E-state index contributed by atoms with van der Waals surface area (Å²) in [6.45, 7) is 2.17. The number of aromatic nitrogens is 3. The van der Waals surface area contributed by atoms with E-state index in [1.807, 2.05) is 54.6 Å². The number of halogens is 2. The Bertz CT molecular complexity index is 1690. The second-order valence-corrected chi connectivity index (χ2v) is 10.6. The van der Waals surface area contributed by atoms with Crippen molar-refractivity contribution in [2.75, 3.05) is 6.54 Å². The van der Waals surface area contributed by atoms with Crippen molar-refractivity contribution in [3.8, 4) is 11.1 Å². The molecular formula is C33H30ClFN4O3. The van der Waals surface area contributed by atoms with Gasteiger partial charge in [0, 0.05) is 40.8 Å². The fourth-order valence-corrected chi connectivity index (χ4v) is 5.54. The fraction of sp³-hybridized carbons (Fsp3) is 0.212. The Balaban J connectivity index is 1.59. The molecule has 0 aliphatic carbocycles. The van der Waals surface area contributed by atoms with E-state index in [0.717, 1.165) is 40.8 Å². The average Bonchev–Trinajstić information content (AvgIpc) is 3.42. The third-order valence-electron chi connectivity index (χ3n) is 7.42. The maximum absolute atomic E-state index is 15.4. The van der Waals surface area contributed by atoms with E-state index in [4.69, 9.17) is 16.7 Å². The van der Waals surface area contributed by atoms with Crippen LogP contribution in [0.5, 0.6) is 0 Å². The summed E-state index contributed by atoms with van der Waals surface area (Å²) in [5.74, 6) is -1.99. The molecule has 3 aromatic carbocycles. The van der Waals surface area contributed by atoms with E-state index in [9.17, 15) is 9.59 Å². The van der Waals surface area contributed by atoms with Crippen molar-refractivity contribution in [3.63, 3.8) is 0 Å². The summed E-state index contributed by atoms with van der Waals surface area (Å²) in [6.07, 6.45) is 4.90. The first kappa shape index (κ1) is 29.0. The Morgan fingerprint density at radius 1 is 0.976 bits per heavy atom. The van der Waals surface area contributed by atoms with Gasteiger partial charge in [-0.3, -0.25) is 19.7 Å². The van der Waals surface area contributed by atoms with Gasteiger partial charge in [-0.1, -0.05) is 49.2 Å². The predicted molar refractivity (Wildman–Crippen MR) is 161 cm³/mol. The molecule has 3 N–H and O–H groups in total. The first-order valence-corrected chi connectivity index (χ1v) is 14.2. The molecule has 5 rings (SSSR count). The van der Waals surface area contributed by atoms with E-state index >= 15 is 4.39 Å². The zero-order chi connectivity index (χ0) is 29.6. The Morgan fingerprint density at radius 3 is 2.33 bits per heavy atom. The van der Waals surface area contributed by atoms with E-state index < -0.39 is 11.8 Å². The van der Waals surface area contributed by atoms with Crippen LogP contribution in [0, 0.1) is 5.82 Å². The average molecular weight is 585 g/mol. The van der Waals surface area contributed by atoms with Crippen molar-refractivity contribution in [2.45, 2.75) is 38.0 Å². The minimum absolute atomic E-state index is 0.0448. The number of nitrogens with one attached hydrogen (secondary N) is 2. The molecule has 7 nitrogen and oxygen atoms in total. The Labute approximate surface area is 247 Å². The maximum atomic E-state index is 15.4. The summed E-state index contributed by atoms with van der Waals surface area (Å²) >= 11 is 6.26. The third-order valence-corrected chi connectivity index (χ3v) is 7.67. The van der Waals surface area contributed by atoms with Gasteiger partial charge in [0.25, 0.3) is 5.91 Å². The number of hydrogen-bond donors (Lipinski definition) is 3. The number of rotatable bonds is 11. The normalized spacial score (nSPS) is 12.6. The molecule has 2 aromatic heterocycles. The molecular weight excluding hydrogens is 555 g/mol. The van der Waals surface area contributed by atoms with Gasteiger partial charge in [0.1, 0.15) is 5.52 Å². The molecule has 5 aromatic rings. The topological polar surface area (TPSA) is 108 Å².